The Balaban J connectivity index is 1.27. The van der Waals surface area contributed by atoms with Crippen molar-refractivity contribution in [2.45, 2.75) is 45.2 Å². The number of benzene rings is 2. The van der Waals surface area contributed by atoms with Gasteiger partial charge in [-0.1, -0.05) is 24.3 Å². The highest BCUT2D eigenvalue weighted by atomic mass is 19.1. The number of nitrogens with one attached hydrogen (secondary N) is 1. The Kier molecular flexibility index (Phi) is 8.33. The van der Waals surface area contributed by atoms with Crippen LogP contribution in [0.1, 0.15) is 39.7 Å². The number of amides is 1. The highest BCUT2D eigenvalue weighted by molar-refractivity contribution is 5.98. The average molecular weight is 599 g/mol. The predicted octanol–water partition coefficient (Wildman–Crippen LogP) is 4.80. The van der Waals surface area contributed by atoms with Crippen LogP contribution < -0.4 is 15.8 Å². The van der Waals surface area contributed by atoms with Gasteiger partial charge in [0, 0.05) is 62.0 Å². The molecular weight excluding hydrogens is 559 g/mol. The number of carbonyl (C=O) groups excluding carboxylic acids is 1. The normalized spacial score (nSPS) is 18.5. The number of piperidine rings is 1. The van der Waals surface area contributed by atoms with Crippen LogP contribution in [0.4, 0.5) is 10.2 Å². The molecule has 2 aromatic heterocycles. The molecule has 2 aromatic carbocycles. The zero-order chi connectivity index (χ0) is 30.8. The Morgan fingerprint density at radius 3 is 2.61 bits per heavy atom. The molecule has 3 N–H and O–H groups in total. The standard InChI is InChI=1S/C33H39FN8O2/c1-22(19-33(2,3)41-16-13-36-14-17-41)32(43)40-15-7-8-23(20-40)42-31-28(30(35)37-21-38-31)29(39-42)26-12-11-25(18-27(26)34)44-24-9-5-4-6-10-24/h4-6,9-12,18-19,21,23,36H,7-8,13-17,20H2,1-3H3,(H2,35,37,38)/t23-/m1/s1. The molecule has 6 rings (SSSR count). The number of nitrogens with zero attached hydrogens (tertiary/aromatic N) is 6. The van der Waals surface area contributed by atoms with Crippen molar-refractivity contribution in [1.29, 1.82) is 0 Å². The highest BCUT2D eigenvalue weighted by Gasteiger charge is 2.32. The number of para-hydroxylation sites is 1. The average Bonchev–Trinajstić information content (AvgIpc) is 3.42. The number of nitrogens with two attached hydrogens (primary N) is 1. The fourth-order valence-electron chi connectivity index (χ4n) is 6.33. The van der Waals surface area contributed by atoms with Crippen molar-refractivity contribution in [1.82, 2.24) is 34.9 Å². The van der Waals surface area contributed by atoms with Crippen LogP contribution in [0.3, 0.4) is 0 Å². The lowest BCUT2D eigenvalue weighted by Gasteiger charge is -2.40. The van der Waals surface area contributed by atoms with E-state index in [-0.39, 0.29) is 28.9 Å². The van der Waals surface area contributed by atoms with Crippen LogP contribution >= 0.6 is 0 Å². The zero-order valence-electron chi connectivity index (χ0n) is 25.5. The summed E-state index contributed by atoms with van der Waals surface area (Å²) in [5.41, 5.74) is 7.97. The van der Waals surface area contributed by atoms with Crippen LogP contribution in [0.2, 0.25) is 0 Å². The number of nitrogen functional groups attached to an aromatic ring is 1. The van der Waals surface area contributed by atoms with Crippen LogP contribution in [-0.4, -0.2) is 80.3 Å². The largest absolute Gasteiger partial charge is 0.457 e. The summed E-state index contributed by atoms with van der Waals surface area (Å²) in [6, 6.07) is 13.7. The smallest absolute Gasteiger partial charge is 0.249 e. The van der Waals surface area contributed by atoms with Crippen LogP contribution in [-0.2, 0) is 4.79 Å². The molecule has 0 spiro atoms. The molecular formula is C33H39FN8O2. The lowest BCUT2D eigenvalue weighted by Crippen LogP contribution is -2.52. The van der Waals surface area contributed by atoms with Crippen molar-refractivity contribution in [2.24, 2.45) is 0 Å². The van der Waals surface area contributed by atoms with Gasteiger partial charge in [0.05, 0.1) is 11.4 Å². The molecule has 2 saturated heterocycles. The van der Waals surface area contributed by atoms with Crippen LogP contribution in [0.15, 0.2) is 66.5 Å². The van der Waals surface area contributed by atoms with Gasteiger partial charge in [-0.2, -0.15) is 5.10 Å². The second-order valence-corrected chi connectivity index (χ2v) is 12.1. The van der Waals surface area contributed by atoms with Gasteiger partial charge < -0.3 is 20.7 Å². The summed E-state index contributed by atoms with van der Waals surface area (Å²) < 4.78 is 23.2. The maximum atomic E-state index is 15.6. The number of anilines is 1. The van der Waals surface area contributed by atoms with E-state index >= 15 is 4.39 Å². The number of rotatable bonds is 7. The summed E-state index contributed by atoms with van der Waals surface area (Å²) >= 11 is 0. The predicted molar refractivity (Wildman–Crippen MR) is 169 cm³/mol. The minimum Gasteiger partial charge on any atom is -0.457 e. The molecule has 1 amide bonds. The molecule has 230 valence electrons. The number of likely N-dealkylation sites (tertiary alicyclic amines) is 1. The summed E-state index contributed by atoms with van der Waals surface area (Å²) in [6.07, 6.45) is 5.09. The fourth-order valence-corrected chi connectivity index (χ4v) is 6.33. The van der Waals surface area contributed by atoms with E-state index in [0.29, 0.717) is 41.3 Å². The molecule has 2 aliphatic rings. The van der Waals surface area contributed by atoms with Crippen LogP contribution in [0.25, 0.3) is 22.3 Å². The van der Waals surface area contributed by atoms with Crippen molar-refractivity contribution >= 4 is 22.8 Å². The van der Waals surface area contributed by atoms with Crippen molar-refractivity contribution in [3.05, 3.63) is 72.3 Å². The molecule has 1 atom stereocenters. The molecule has 2 fully saturated rings. The Morgan fingerprint density at radius 1 is 1.09 bits per heavy atom. The van der Waals surface area contributed by atoms with E-state index in [4.69, 9.17) is 15.6 Å². The molecule has 0 bridgehead atoms. The topological polar surface area (TPSA) is 114 Å². The monoisotopic (exact) mass is 598 g/mol. The van der Waals surface area contributed by atoms with Gasteiger partial charge in [-0.25, -0.2) is 19.0 Å². The third kappa shape index (κ3) is 6.02. The van der Waals surface area contributed by atoms with Gasteiger partial charge in [0.15, 0.2) is 5.65 Å². The first-order valence-corrected chi connectivity index (χ1v) is 15.2. The minimum atomic E-state index is -0.499. The molecule has 44 heavy (non-hydrogen) atoms. The summed E-state index contributed by atoms with van der Waals surface area (Å²) in [5, 5.41) is 8.74. The summed E-state index contributed by atoms with van der Waals surface area (Å²) in [4.78, 5) is 26.7. The lowest BCUT2D eigenvalue weighted by atomic mass is 9.97. The number of halogens is 1. The zero-order valence-corrected chi connectivity index (χ0v) is 25.5. The maximum Gasteiger partial charge on any atom is 0.249 e. The second-order valence-electron chi connectivity index (χ2n) is 12.1. The molecule has 4 aromatic rings. The van der Waals surface area contributed by atoms with Gasteiger partial charge >= 0.3 is 0 Å². The van der Waals surface area contributed by atoms with Crippen LogP contribution in [0.5, 0.6) is 11.5 Å². The molecule has 0 aliphatic carbocycles. The maximum absolute atomic E-state index is 15.6. The van der Waals surface area contributed by atoms with E-state index in [2.05, 4.69) is 40.1 Å². The summed E-state index contributed by atoms with van der Waals surface area (Å²) in [5.74, 6) is 0.722. The summed E-state index contributed by atoms with van der Waals surface area (Å²) in [6.45, 7) is 11.1. The van der Waals surface area contributed by atoms with Gasteiger partial charge in [0.25, 0.3) is 0 Å². The first-order chi connectivity index (χ1) is 21.2. The van der Waals surface area contributed by atoms with Gasteiger partial charge in [-0.15, -0.1) is 0 Å². The van der Waals surface area contributed by atoms with E-state index in [1.54, 1.807) is 16.8 Å². The first kappa shape index (κ1) is 29.7. The van der Waals surface area contributed by atoms with Gasteiger partial charge in [0.1, 0.15) is 35.2 Å². The SMILES string of the molecule is CC(=CC(C)(C)N1CCNCC1)C(=O)N1CCC[C@@H](n2nc(-c3ccc(Oc4ccccc4)cc3F)c3c(N)ncnc32)C1. The third-order valence-corrected chi connectivity index (χ3v) is 8.56. The van der Waals surface area contributed by atoms with Crippen molar-refractivity contribution in [3.63, 3.8) is 0 Å². The molecule has 11 heteroatoms. The minimum absolute atomic E-state index is 0.0174. The number of fused-ring (bicyclic) bond motifs is 1. The number of piperazine rings is 1. The van der Waals surface area contributed by atoms with Crippen molar-refractivity contribution < 1.29 is 13.9 Å². The van der Waals surface area contributed by atoms with Gasteiger partial charge in [-0.3, -0.25) is 9.69 Å². The molecule has 4 heterocycles. The van der Waals surface area contributed by atoms with Crippen molar-refractivity contribution in [3.8, 4) is 22.8 Å². The van der Waals surface area contributed by atoms with Gasteiger partial charge in [0.2, 0.25) is 5.91 Å². The van der Waals surface area contributed by atoms with Crippen LogP contribution in [0, 0.1) is 5.82 Å². The summed E-state index contributed by atoms with van der Waals surface area (Å²) in [7, 11) is 0. The molecule has 10 nitrogen and oxygen atoms in total. The first-order valence-electron chi connectivity index (χ1n) is 15.2. The Morgan fingerprint density at radius 2 is 1.86 bits per heavy atom. The molecule has 2 aliphatic heterocycles. The third-order valence-electron chi connectivity index (χ3n) is 8.56. The number of hydrogen-bond donors (Lipinski definition) is 2. The molecule has 0 radical (unpaired) electrons. The Bertz CT molecular complexity index is 1680. The van der Waals surface area contributed by atoms with E-state index in [1.165, 1.54) is 12.4 Å². The second kappa shape index (κ2) is 12.3. The molecule has 0 unspecified atom stereocenters. The van der Waals surface area contributed by atoms with E-state index in [0.717, 1.165) is 44.6 Å². The highest BCUT2D eigenvalue weighted by Crippen LogP contribution is 2.36. The van der Waals surface area contributed by atoms with Gasteiger partial charge in [-0.05, 0) is 57.9 Å². The number of hydrogen-bond acceptors (Lipinski definition) is 8. The Hall–Kier alpha value is -4.35. The quantitative estimate of drug-likeness (QED) is 0.292. The van der Waals surface area contributed by atoms with E-state index < -0.39 is 5.82 Å². The number of aromatic nitrogens is 4. The van der Waals surface area contributed by atoms with E-state index in [9.17, 15) is 4.79 Å². The fraction of sp³-hybridized carbons (Fsp3) is 0.394. The molecule has 0 saturated carbocycles. The van der Waals surface area contributed by atoms with E-state index in [1.807, 2.05) is 42.2 Å². The number of carbonyl (C=O) groups is 1. The lowest BCUT2D eigenvalue weighted by molar-refractivity contribution is -0.128. The number of ether oxygens (including phenoxy) is 1. The Labute approximate surface area is 256 Å². The van der Waals surface area contributed by atoms with Crippen molar-refractivity contribution in [2.75, 3.05) is 45.0 Å².